The van der Waals surface area contributed by atoms with E-state index in [2.05, 4.69) is 4.74 Å². The Kier molecular flexibility index (Phi) is 3.80. The summed E-state index contributed by atoms with van der Waals surface area (Å²) in [5, 5.41) is 0. The van der Waals surface area contributed by atoms with Crippen molar-refractivity contribution in [3.8, 4) is 16.9 Å². The van der Waals surface area contributed by atoms with Gasteiger partial charge in [-0.25, -0.2) is 9.18 Å². The van der Waals surface area contributed by atoms with E-state index in [1.807, 2.05) is 18.2 Å². The minimum atomic E-state index is -0.825. The molecule has 0 saturated carbocycles. The van der Waals surface area contributed by atoms with Crippen LogP contribution in [0.25, 0.3) is 11.1 Å². The van der Waals surface area contributed by atoms with Crippen LogP contribution in [0.4, 0.5) is 9.18 Å². The molecule has 98 valence electrons. The van der Waals surface area contributed by atoms with Gasteiger partial charge in [-0.2, -0.15) is 0 Å². The van der Waals surface area contributed by atoms with Crippen LogP contribution in [0.5, 0.6) is 5.75 Å². The fraction of sp³-hybridized carbons (Fsp3) is 0.133. The molecule has 0 atom stereocenters. The predicted molar refractivity (Wildman–Crippen MR) is 69.6 cm³/mol. The predicted octanol–water partition coefficient (Wildman–Crippen LogP) is 3.95. The molecular formula is C15H13FO3. The zero-order valence-corrected chi connectivity index (χ0v) is 10.6. The van der Waals surface area contributed by atoms with Crippen molar-refractivity contribution in [1.29, 1.82) is 0 Å². The third-order valence-corrected chi connectivity index (χ3v) is 2.79. The Morgan fingerprint density at radius 1 is 1.11 bits per heavy atom. The van der Waals surface area contributed by atoms with E-state index in [1.165, 1.54) is 19.2 Å². The lowest BCUT2D eigenvalue weighted by molar-refractivity contribution is 0.121. The van der Waals surface area contributed by atoms with E-state index in [0.717, 1.165) is 5.56 Å². The summed E-state index contributed by atoms with van der Waals surface area (Å²) in [5.74, 6) is -0.0759. The summed E-state index contributed by atoms with van der Waals surface area (Å²) in [6.07, 6.45) is -0.825. The fourth-order valence-corrected chi connectivity index (χ4v) is 1.86. The first-order valence-corrected chi connectivity index (χ1v) is 5.74. The molecule has 19 heavy (non-hydrogen) atoms. The third kappa shape index (κ3) is 2.73. The Bertz CT molecular complexity index is 594. The normalized spacial score (nSPS) is 10.1. The van der Waals surface area contributed by atoms with Crippen molar-refractivity contribution in [3.05, 3.63) is 53.8 Å². The molecule has 2 aromatic carbocycles. The maximum absolute atomic E-state index is 14.0. The van der Waals surface area contributed by atoms with E-state index in [1.54, 1.807) is 19.1 Å². The van der Waals surface area contributed by atoms with E-state index in [9.17, 15) is 9.18 Å². The first-order valence-electron chi connectivity index (χ1n) is 5.74. The summed E-state index contributed by atoms with van der Waals surface area (Å²) in [4.78, 5) is 11.1. The molecule has 0 bridgehead atoms. The zero-order valence-electron chi connectivity index (χ0n) is 10.6. The topological polar surface area (TPSA) is 35.5 Å². The molecule has 0 aromatic heterocycles. The Morgan fingerprint density at radius 3 is 2.42 bits per heavy atom. The Labute approximate surface area is 110 Å². The van der Waals surface area contributed by atoms with Crippen LogP contribution in [0, 0.1) is 12.7 Å². The van der Waals surface area contributed by atoms with Gasteiger partial charge in [0, 0.05) is 11.1 Å². The molecule has 0 heterocycles. The fourth-order valence-electron chi connectivity index (χ4n) is 1.86. The maximum atomic E-state index is 14.0. The van der Waals surface area contributed by atoms with Gasteiger partial charge in [0.2, 0.25) is 0 Å². The average Bonchev–Trinajstić information content (AvgIpc) is 2.43. The smallest absolute Gasteiger partial charge is 0.437 e. The molecule has 0 radical (unpaired) electrons. The van der Waals surface area contributed by atoms with Gasteiger partial charge in [0.1, 0.15) is 11.6 Å². The highest BCUT2D eigenvalue weighted by Crippen LogP contribution is 2.32. The van der Waals surface area contributed by atoms with Gasteiger partial charge in [0.05, 0.1) is 7.11 Å². The summed E-state index contributed by atoms with van der Waals surface area (Å²) >= 11 is 0. The van der Waals surface area contributed by atoms with E-state index < -0.39 is 6.16 Å². The van der Waals surface area contributed by atoms with Crippen molar-refractivity contribution in [1.82, 2.24) is 0 Å². The lowest BCUT2D eigenvalue weighted by Gasteiger charge is -2.12. The Balaban J connectivity index is 2.49. The molecule has 0 aliphatic rings. The van der Waals surface area contributed by atoms with Gasteiger partial charge in [-0.15, -0.1) is 0 Å². The van der Waals surface area contributed by atoms with Crippen LogP contribution >= 0.6 is 0 Å². The molecule has 0 aliphatic heterocycles. The molecule has 0 amide bonds. The number of benzene rings is 2. The van der Waals surface area contributed by atoms with Gasteiger partial charge < -0.3 is 9.47 Å². The van der Waals surface area contributed by atoms with Crippen molar-refractivity contribution < 1.29 is 18.7 Å². The largest absolute Gasteiger partial charge is 0.513 e. The minimum Gasteiger partial charge on any atom is -0.437 e. The standard InChI is InChI=1S/C15H13FO3/c1-10-13(19-15(17)18-2)9-8-12(16)14(10)11-6-4-3-5-7-11/h3-9H,1-2H3. The van der Waals surface area contributed by atoms with Crippen LogP contribution in [0.15, 0.2) is 42.5 Å². The molecule has 0 N–H and O–H groups in total. The SMILES string of the molecule is COC(=O)Oc1ccc(F)c(-c2ccccc2)c1C. The molecule has 0 spiro atoms. The maximum Gasteiger partial charge on any atom is 0.513 e. The second-order valence-electron chi connectivity index (χ2n) is 3.97. The quantitative estimate of drug-likeness (QED) is 0.606. The zero-order chi connectivity index (χ0) is 13.8. The highest BCUT2D eigenvalue weighted by Gasteiger charge is 2.15. The van der Waals surface area contributed by atoms with Crippen LogP contribution in [0.3, 0.4) is 0 Å². The third-order valence-electron chi connectivity index (χ3n) is 2.79. The summed E-state index contributed by atoms with van der Waals surface area (Å²) in [6.45, 7) is 1.70. The summed E-state index contributed by atoms with van der Waals surface area (Å²) in [5.41, 5.74) is 1.70. The Hall–Kier alpha value is -2.36. The van der Waals surface area contributed by atoms with Crippen LogP contribution in [0.2, 0.25) is 0 Å². The molecule has 3 nitrogen and oxygen atoms in total. The monoisotopic (exact) mass is 260 g/mol. The Morgan fingerprint density at radius 2 is 1.79 bits per heavy atom. The molecule has 2 rings (SSSR count). The number of methoxy groups -OCH3 is 1. The molecule has 0 saturated heterocycles. The highest BCUT2D eigenvalue weighted by molar-refractivity contribution is 5.72. The first-order chi connectivity index (χ1) is 9.13. The van der Waals surface area contributed by atoms with Crippen LogP contribution in [0.1, 0.15) is 5.56 Å². The lowest BCUT2D eigenvalue weighted by Crippen LogP contribution is -2.08. The average molecular weight is 260 g/mol. The second kappa shape index (κ2) is 5.52. The van der Waals surface area contributed by atoms with Gasteiger partial charge in [-0.1, -0.05) is 30.3 Å². The summed E-state index contributed by atoms with van der Waals surface area (Å²) in [6, 6.07) is 11.8. The minimum absolute atomic E-state index is 0.284. The number of hydrogen-bond donors (Lipinski definition) is 0. The van der Waals surface area contributed by atoms with E-state index in [4.69, 9.17) is 4.74 Å². The number of carbonyl (C=O) groups excluding carboxylic acids is 1. The van der Waals surface area contributed by atoms with Crippen molar-refractivity contribution in [3.63, 3.8) is 0 Å². The molecule has 0 unspecified atom stereocenters. The lowest BCUT2D eigenvalue weighted by atomic mass is 9.99. The van der Waals surface area contributed by atoms with Crippen LogP contribution < -0.4 is 4.74 Å². The molecule has 0 aliphatic carbocycles. The number of ether oxygens (including phenoxy) is 2. The molecule has 2 aromatic rings. The molecular weight excluding hydrogens is 247 g/mol. The van der Waals surface area contributed by atoms with Crippen molar-refractivity contribution in [2.24, 2.45) is 0 Å². The number of rotatable bonds is 2. The second-order valence-corrected chi connectivity index (χ2v) is 3.97. The summed E-state index contributed by atoms with van der Waals surface area (Å²) in [7, 11) is 1.22. The summed E-state index contributed by atoms with van der Waals surface area (Å²) < 4.78 is 23.4. The number of carbonyl (C=O) groups is 1. The number of hydrogen-bond acceptors (Lipinski definition) is 3. The van der Waals surface area contributed by atoms with Crippen molar-refractivity contribution in [2.45, 2.75) is 6.92 Å². The van der Waals surface area contributed by atoms with Gasteiger partial charge in [0.15, 0.2) is 0 Å². The van der Waals surface area contributed by atoms with Crippen molar-refractivity contribution >= 4 is 6.16 Å². The van der Waals surface area contributed by atoms with Crippen molar-refractivity contribution in [2.75, 3.05) is 7.11 Å². The molecule has 0 fully saturated rings. The van der Waals surface area contributed by atoms with Gasteiger partial charge in [0.25, 0.3) is 0 Å². The highest BCUT2D eigenvalue weighted by atomic mass is 19.1. The van der Waals surface area contributed by atoms with Crippen LogP contribution in [-0.4, -0.2) is 13.3 Å². The van der Waals surface area contributed by atoms with Gasteiger partial charge >= 0.3 is 6.16 Å². The first kappa shape index (κ1) is 13.1. The van der Waals surface area contributed by atoms with E-state index in [-0.39, 0.29) is 11.6 Å². The number of halogens is 1. The van der Waals surface area contributed by atoms with Gasteiger partial charge in [-0.3, -0.25) is 0 Å². The van der Waals surface area contributed by atoms with E-state index in [0.29, 0.717) is 11.1 Å². The van der Waals surface area contributed by atoms with Gasteiger partial charge in [-0.05, 0) is 24.6 Å². The van der Waals surface area contributed by atoms with E-state index >= 15 is 0 Å². The van der Waals surface area contributed by atoms with Crippen LogP contribution in [-0.2, 0) is 4.74 Å². The molecule has 4 heteroatoms.